The number of carbonyl (C=O) groups excluding carboxylic acids is 2. The van der Waals surface area contributed by atoms with Gasteiger partial charge in [0.2, 0.25) is 17.7 Å². The Hall–Kier alpha value is -3.93. The highest BCUT2D eigenvalue weighted by molar-refractivity contribution is 7.18. The van der Waals surface area contributed by atoms with Gasteiger partial charge in [-0.15, -0.1) is 0 Å². The Morgan fingerprint density at radius 1 is 1.15 bits per heavy atom. The van der Waals surface area contributed by atoms with Gasteiger partial charge in [0.05, 0.1) is 11.4 Å². The van der Waals surface area contributed by atoms with Crippen molar-refractivity contribution in [3.05, 3.63) is 42.2 Å². The molecule has 41 heavy (non-hydrogen) atoms. The zero-order valence-electron chi connectivity index (χ0n) is 24.0. The number of anilines is 3. The molecule has 4 heterocycles. The number of hydrogen-bond acceptors (Lipinski definition) is 10. The molecule has 2 saturated heterocycles. The Morgan fingerprint density at radius 3 is 2.73 bits per heavy atom. The van der Waals surface area contributed by atoms with Crippen LogP contribution in [0, 0.1) is 6.92 Å². The predicted octanol–water partition coefficient (Wildman–Crippen LogP) is 4.76. The summed E-state index contributed by atoms with van der Waals surface area (Å²) in [5.41, 5.74) is 2.45. The number of hydrogen-bond donors (Lipinski definition) is 2. The third-order valence-electron chi connectivity index (χ3n) is 6.65. The number of amides is 2. The molecule has 2 fully saturated rings. The van der Waals surface area contributed by atoms with Crippen LogP contribution in [0.3, 0.4) is 0 Å². The zero-order valence-corrected chi connectivity index (χ0v) is 24.8. The number of piperidine rings is 1. The molecule has 0 spiro atoms. The molecule has 2 aliphatic heterocycles. The van der Waals surface area contributed by atoms with Crippen LogP contribution in [-0.4, -0.2) is 76.3 Å². The van der Waals surface area contributed by atoms with Gasteiger partial charge in [0, 0.05) is 63.2 Å². The molecular weight excluding hydrogens is 542 g/mol. The summed E-state index contributed by atoms with van der Waals surface area (Å²) in [6.07, 6.45) is 5.50. The fraction of sp³-hybridized carbons (Fsp3) is 0.483. The first-order valence-corrected chi connectivity index (χ1v) is 14.8. The van der Waals surface area contributed by atoms with Gasteiger partial charge in [-0.3, -0.25) is 4.79 Å². The number of nitrogens with one attached hydrogen (secondary N) is 2. The highest BCUT2D eigenvalue weighted by Gasteiger charge is 2.28. The average Bonchev–Trinajstić information content (AvgIpc) is 3.30. The molecule has 0 saturated carbocycles. The molecule has 0 unspecified atom stereocenters. The van der Waals surface area contributed by atoms with E-state index >= 15 is 0 Å². The van der Waals surface area contributed by atoms with Gasteiger partial charge in [-0.2, -0.15) is 4.98 Å². The van der Waals surface area contributed by atoms with Gasteiger partial charge in [-0.05, 0) is 57.4 Å². The van der Waals surface area contributed by atoms with E-state index in [1.165, 1.54) is 0 Å². The Balaban J connectivity index is 1.21. The smallest absolute Gasteiger partial charge is 0.410 e. The van der Waals surface area contributed by atoms with Crippen LogP contribution in [0.25, 0.3) is 10.4 Å². The molecule has 0 bridgehead atoms. The SMILES string of the molecule is Cc1cc(Nc2nccc(OC3CCN(C(=O)OC(C)(C)C)CC3)n2)cc(-c2cnc(N3CCCNC(=O)C3)s2)c1. The van der Waals surface area contributed by atoms with Gasteiger partial charge >= 0.3 is 6.09 Å². The number of ether oxygens (including phenoxy) is 2. The summed E-state index contributed by atoms with van der Waals surface area (Å²) >= 11 is 1.58. The van der Waals surface area contributed by atoms with E-state index in [1.54, 1.807) is 28.5 Å². The summed E-state index contributed by atoms with van der Waals surface area (Å²) in [6.45, 7) is 10.6. The van der Waals surface area contributed by atoms with Gasteiger partial charge in [0.1, 0.15) is 11.7 Å². The monoisotopic (exact) mass is 579 g/mol. The maximum Gasteiger partial charge on any atom is 0.410 e. The van der Waals surface area contributed by atoms with Crippen molar-refractivity contribution in [2.75, 3.05) is 42.9 Å². The van der Waals surface area contributed by atoms with Crippen molar-refractivity contribution in [1.82, 2.24) is 25.2 Å². The van der Waals surface area contributed by atoms with E-state index < -0.39 is 5.60 Å². The molecule has 12 heteroatoms. The molecule has 0 atom stereocenters. The van der Waals surface area contributed by atoms with Crippen molar-refractivity contribution in [1.29, 1.82) is 0 Å². The van der Waals surface area contributed by atoms with Gasteiger partial charge in [0.25, 0.3) is 0 Å². The number of carbonyl (C=O) groups is 2. The summed E-state index contributed by atoms with van der Waals surface area (Å²) in [6, 6.07) is 7.94. The predicted molar refractivity (Wildman–Crippen MR) is 159 cm³/mol. The zero-order chi connectivity index (χ0) is 29.0. The fourth-order valence-corrected chi connectivity index (χ4v) is 5.69. The lowest BCUT2D eigenvalue weighted by molar-refractivity contribution is -0.119. The third-order valence-corrected chi connectivity index (χ3v) is 7.76. The number of thiazole rings is 1. The van der Waals surface area contributed by atoms with Crippen molar-refractivity contribution in [2.45, 2.75) is 58.7 Å². The molecule has 0 aliphatic carbocycles. The van der Waals surface area contributed by atoms with Crippen LogP contribution in [-0.2, 0) is 9.53 Å². The van der Waals surface area contributed by atoms with E-state index in [4.69, 9.17) is 9.47 Å². The van der Waals surface area contributed by atoms with Crippen molar-refractivity contribution in [3.63, 3.8) is 0 Å². The number of benzene rings is 1. The lowest BCUT2D eigenvalue weighted by atomic mass is 10.1. The third kappa shape index (κ3) is 7.84. The minimum Gasteiger partial charge on any atom is -0.474 e. The van der Waals surface area contributed by atoms with Crippen LogP contribution in [0.15, 0.2) is 36.7 Å². The second kappa shape index (κ2) is 12.3. The molecule has 11 nitrogen and oxygen atoms in total. The Morgan fingerprint density at radius 2 is 1.95 bits per heavy atom. The average molecular weight is 580 g/mol. The lowest BCUT2D eigenvalue weighted by Crippen LogP contribution is -2.44. The quantitative estimate of drug-likeness (QED) is 0.426. The van der Waals surface area contributed by atoms with Crippen molar-refractivity contribution >= 4 is 40.1 Å². The molecule has 1 aromatic carbocycles. The first-order chi connectivity index (χ1) is 19.6. The largest absolute Gasteiger partial charge is 0.474 e. The first-order valence-electron chi connectivity index (χ1n) is 14.0. The maximum absolute atomic E-state index is 12.3. The molecule has 2 amide bonds. The van der Waals surface area contributed by atoms with E-state index in [0.717, 1.165) is 39.8 Å². The van der Waals surface area contributed by atoms with E-state index in [9.17, 15) is 9.59 Å². The molecule has 2 aliphatic rings. The Kier molecular flexibility index (Phi) is 8.57. The van der Waals surface area contributed by atoms with Crippen molar-refractivity contribution in [2.24, 2.45) is 0 Å². The molecular formula is C29H37N7O4S. The maximum atomic E-state index is 12.3. The lowest BCUT2D eigenvalue weighted by Gasteiger charge is -2.33. The Bertz CT molecular complexity index is 1380. The van der Waals surface area contributed by atoms with Crippen molar-refractivity contribution in [3.8, 4) is 16.3 Å². The minimum absolute atomic E-state index is 0.0266. The summed E-state index contributed by atoms with van der Waals surface area (Å²) in [5, 5.41) is 7.06. The van der Waals surface area contributed by atoms with E-state index in [0.29, 0.717) is 50.8 Å². The topological polar surface area (TPSA) is 122 Å². The number of rotatable bonds is 6. The van der Waals surface area contributed by atoms with Crippen LogP contribution in [0.5, 0.6) is 5.88 Å². The normalized spacial score (nSPS) is 16.6. The molecule has 5 rings (SSSR count). The summed E-state index contributed by atoms with van der Waals surface area (Å²) in [5.74, 6) is 0.948. The van der Waals surface area contributed by atoms with Gasteiger partial charge in [-0.1, -0.05) is 17.4 Å². The van der Waals surface area contributed by atoms with Crippen molar-refractivity contribution < 1.29 is 19.1 Å². The van der Waals surface area contributed by atoms with E-state index in [-0.39, 0.29) is 18.1 Å². The molecule has 0 radical (unpaired) electrons. The summed E-state index contributed by atoms with van der Waals surface area (Å²) < 4.78 is 11.6. The summed E-state index contributed by atoms with van der Waals surface area (Å²) in [4.78, 5) is 42.7. The molecule has 2 N–H and O–H groups in total. The number of aryl methyl sites for hydroxylation is 1. The standard InChI is InChI=1S/C29H37N7O4S/c1-19-14-20(23-17-32-27(41-23)36-11-5-9-30-24(37)18-36)16-21(15-19)33-26-31-10-6-25(34-26)39-22-7-12-35(13-8-22)28(38)40-29(2,3)4/h6,10,14-17,22H,5,7-9,11-13,18H2,1-4H3,(H,30,37)(H,31,33,34). The van der Waals surface area contributed by atoms with Gasteiger partial charge in [-0.25, -0.2) is 14.8 Å². The van der Waals surface area contributed by atoms with Crippen LogP contribution in [0.2, 0.25) is 0 Å². The first kappa shape index (κ1) is 28.6. The fourth-order valence-electron chi connectivity index (χ4n) is 4.76. The van der Waals surface area contributed by atoms with Crippen LogP contribution >= 0.6 is 11.3 Å². The molecule has 218 valence electrons. The number of aromatic nitrogens is 3. The Labute approximate surface area is 244 Å². The summed E-state index contributed by atoms with van der Waals surface area (Å²) in [7, 11) is 0. The second-order valence-corrected chi connectivity index (χ2v) is 12.4. The minimum atomic E-state index is -0.511. The highest BCUT2D eigenvalue weighted by atomic mass is 32.1. The van der Waals surface area contributed by atoms with E-state index in [2.05, 4.69) is 31.7 Å². The second-order valence-electron chi connectivity index (χ2n) is 11.3. The molecule has 2 aromatic heterocycles. The highest BCUT2D eigenvalue weighted by Crippen LogP contribution is 2.34. The van der Waals surface area contributed by atoms with E-state index in [1.807, 2.05) is 50.9 Å². The number of nitrogens with zero attached hydrogens (tertiary/aromatic N) is 5. The van der Waals surface area contributed by atoms with Crippen LogP contribution in [0.4, 0.5) is 21.6 Å². The molecule has 3 aromatic rings. The van der Waals surface area contributed by atoms with Crippen LogP contribution in [0.1, 0.15) is 45.6 Å². The van der Waals surface area contributed by atoms with Gasteiger partial charge < -0.3 is 29.9 Å². The van der Waals surface area contributed by atoms with Gasteiger partial charge in [0.15, 0.2) is 5.13 Å². The van der Waals surface area contributed by atoms with Crippen LogP contribution < -0.4 is 20.3 Å². The number of likely N-dealkylation sites (tertiary alicyclic amines) is 1.